The Kier molecular flexibility index (Phi) is 8.15. The van der Waals surface area contributed by atoms with Crippen molar-refractivity contribution in [3.63, 3.8) is 0 Å². The van der Waals surface area contributed by atoms with E-state index in [9.17, 15) is 14.4 Å². The number of Topliss-reactive ketones (excluding diaryl/α,β-unsaturated/α-hetero) is 1. The molecule has 0 aliphatic carbocycles. The Morgan fingerprint density at radius 1 is 1.18 bits per heavy atom. The minimum atomic E-state index is -0.170. The van der Waals surface area contributed by atoms with Gasteiger partial charge >= 0.3 is 0 Å². The molecule has 1 fully saturated rings. The van der Waals surface area contributed by atoms with Crippen LogP contribution in [-0.2, 0) is 14.4 Å². The summed E-state index contributed by atoms with van der Waals surface area (Å²) >= 11 is 1.87. The predicted molar refractivity (Wildman–Crippen MR) is 90.7 cm³/mol. The van der Waals surface area contributed by atoms with Gasteiger partial charge in [0.15, 0.2) is 0 Å². The maximum atomic E-state index is 12.1. The Labute approximate surface area is 138 Å². The summed E-state index contributed by atoms with van der Waals surface area (Å²) in [5, 5.41) is 0.608. The topological polar surface area (TPSA) is 54.5 Å². The second-order valence-electron chi connectivity index (χ2n) is 6.60. The second-order valence-corrected chi connectivity index (χ2v) is 8.29. The normalized spacial score (nSPS) is 18.8. The van der Waals surface area contributed by atoms with Gasteiger partial charge in [-0.25, -0.2) is 0 Å². The Bertz CT molecular complexity index is 407. The minimum absolute atomic E-state index is 0.0548. The van der Waals surface area contributed by atoms with Crippen molar-refractivity contribution in [2.24, 2.45) is 11.8 Å². The van der Waals surface area contributed by atoms with Gasteiger partial charge < -0.3 is 0 Å². The first-order valence-electron chi connectivity index (χ1n) is 8.30. The summed E-state index contributed by atoms with van der Waals surface area (Å²) in [5.74, 6) is 1.15. The lowest BCUT2D eigenvalue weighted by molar-refractivity contribution is -0.140. The Balaban J connectivity index is 2.22. The molecule has 4 nitrogen and oxygen atoms in total. The van der Waals surface area contributed by atoms with Crippen molar-refractivity contribution in [1.82, 2.24) is 4.90 Å². The smallest absolute Gasteiger partial charge is 0.233 e. The molecule has 1 atom stereocenters. The van der Waals surface area contributed by atoms with E-state index < -0.39 is 0 Å². The highest BCUT2D eigenvalue weighted by molar-refractivity contribution is 7.99. The lowest BCUT2D eigenvalue weighted by Crippen LogP contribution is -2.32. The molecule has 1 rings (SSSR count). The number of carbonyl (C=O) groups is 3. The van der Waals surface area contributed by atoms with Crippen molar-refractivity contribution < 1.29 is 14.4 Å². The Morgan fingerprint density at radius 3 is 2.36 bits per heavy atom. The average Bonchev–Trinajstić information content (AvgIpc) is 2.71. The third-order valence-electron chi connectivity index (χ3n) is 3.97. The lowest BCUT2D eigenvalue weighted by atomic mass is 9.94. The zero-order chi connectivity index (χ0) is 16.7. The second kappa shape index (κ2) is 9.33. The number of imide groups is 1. The number of hydrogen-bond acceptors (Lipinski definition) is 4. The molecule has 1 heterocycles. The molecule has 22 heavy (non-hydrogen) atoms. The molecule has 0 bridgehead atoms. The van der Waals surface area contributed by atoms with E-state index in [0.717, 1.165) is 12.2 Å². The van der Waals surface area contributed by atoms with E-state index in [-0.39, 0.29) is 29.4 Å². The zero-order valence-electron chi connectivity index (χ0n) is 14.3. The summed E-state index contributed by atoms with van der Waals surface area (Å²) < 4.78 is 0. The standard InChI is InChI=1S/C17H29NO3S/c1-12(2)15-11-16(20)18(17(15)21)9-5-7-14(19)8-6-10-22-13(3)4/h12-13,15H,5-11H2,1-4H3. The van der Waals surface area contributed by atoms with Gasteiger partial charge in [-0.05, 0) is 29.8 Å². The van der Waals surface area contributed by atoms with Crippen LogP contribution in [0, 0.1) is 11.8 Å². The van der Waals surface area contributed by atoms with E-state index in [4.69, 9.17) is 0 Å². The van der Waals surface area contributed by atoms with Crippen LogP contribution in [0.25, 0.3) is 0 Å². The van der Waals surface area contributed by atoms with Gasteiger partial charge in [0.1, 0.15) is 5.78 Å². The molecule has 1 unspecified atom stereocenters. The molecule has 0 radical (unpaired) electrons. The third-order valence-corrected chi connectivity index (χ3v) is 5.16. The van der Waals surface area contributed by atoms with E-state index in [2.05, 4.69) is 13.8 Å². The van der Waals surface area contributed by atoms with E-state index in [1.165, 1.54) is 4.90 Å². The first-order chi connectivity index (χ1) is 10.3. The van der Waals surface area contributed by atoms with Crippen molar-refractivity contribution in [2.75, 3.05) is 12.3 Å². The summed E-state index contributed by atoms with van der Waals surface area (Å²) in [6, 6.07) is 0. The van der Waals surface area contributed by atoms with Crippen molar-refractivity contribution in [3.8, 4) is 0 Å². The zero-order valence-corrected chi connectivity index (χ0v) is 15.1. The molecule has 5 heteroatoms. The highest BCUT2D eigenvalue weighted by Crippen LogP contribution is 2.26. The van der Waals surface area contributed by atoms with Crippen molar-refractivity contribution >= 4 is 29.4 Å². The van der Waals surface area contributed by atoms with Gasteiger partial charge in [0.2, 0.25) is 11.8 Å². The summed E-state index contributed by atoms with van der Waals surface area (Å²) in [6.45, 7) is 8.64. The molecule has 0 spiro atoms. The predicted octanol–water partition coefficient (Wildman–Crippen LogP) is 3.29. The quantitative estimate of drug-likeness (QED) is 0.456. The van der Waals surface area contributed by atoms with Gasteiger partial charge in [-0.2, -0.15) is 11.8 Å². The maximum Gasteiger partial charge on any atom is 0.233 e. The van der Waals surface area contributed by atoms with Crippen LogP contribution >= 0.6 is 11.8 Å². The van der Waals surface area contributed by atoms with Crippen LogP contribution in [0.2, 0.25) is 0 Å². The fraction of sp³-hybridized carbons (Fsp3) is 0.824. The van der Waals surface area contributed by atoms with Crippen molar-refractivity contribution in [3.05, 3.63) is 0 Å². The van der Waals surface area contributed by atoms with Gasteiger partial charge in [0, 0.05) is 31.7 Å². The monoisotopic (exact) mass is 327 g/mol. The van der Waals surface area contributed by atoms with Crippen LogP contribution in [0.15, 0.2) is 0 Å². The number of rotatable bonds is 10. The van der Waals surface area contributed by atoms with Crippen molar-refractivity contribution in [1.29, 1.82) is 0 Å². The van der Waals surface area contributed by atoms with Gasteiger partial charge in [-0.15, -0.1) is 0 Å². The first kappa shape index (κ1) is 19.2. The molecule has 1 aliphatic heterocycles. The van der Waals surface area contributed by atoms with Crippen molar-refractivity contribution in [2.45, 2.75) is 65.0 Å². The third kappa shape index (κ3) is 6.11. The SMILES string of the molecule is CC(C)SCCCC(=O)CCCN1C(=O)CC(C(C)C)C1=O. The molecule has 1 saturated heterocycles. The number of nitrogens with zero attached hydrogens (tertiary/aromatic N) is 1. The van der Waals surface area contributed by atoms with Crippen LogP contribution in [0.3, 0.4) is 0 Å². The van der Waals surface area contributed by atoms with Gasteiger partial charge in [-0.3, -0.25) is 19.3 Å². The first-order valence-corrected chi connectivity index (χ1v) is 9.35. The summed E-state index contributed by atoms with van der Waals surface area (Å²) in [5.41, 5.74) is 0. The maximum absolute atomic E-state index is 12.1. The summed E-state index contributed by atoms with van der Waals surface area (Å²) in [7, 11) is 0. The molecule has 126 valence electrons. The number of thioether (sulfide) groups is 1. The van der Waals surface area contributed by atoms with E-state index in [1.54, 1.807) is 0 Å². The molecular weight excluding hydrogens is 298 g/mol. The molecule has 1 aliphatic rings. The van der Waals surface area contributed by atoms with E-state index >= 15 is 0 Å². The number of likely N-dealkylation sites (tertiary alicyclic amines) is 1. The highest BCUT2D eigenvalue weighted by Gasteiger charge is 2.39. The fourth-order valence-electron chi connectivity index (χ4n) is 2.61. The number of carbonyl (C=O) groups excluding carboxylic acids is 3. The van der Waals surface area contributed by atoms with Crippen LogP contribution in [0.1, 0.15) is 59.8 Å². The molecule has 2 amide bonds. The van der Waals surface area contributed by atoms with E-state index in [0.29, 0.717) is 37.5 Å². The number of ketones is 1. The lowest BCUT2D eigenvalue weighted by Gasteiger charge is -2.16. The molecule has 0 N–H and O–H groups in total. The molecular formula is C17H29NO3S. The molecule has 0 saturated carbocycles. The van der Waals surface area contributed by atoms with Gasteiger partial charge in [0.05, 0.1) is 0 Å². The molecule has 0 aromatic heterocycles. The van der Waals surface area contributed by atoms with Gasteiger partial charge in [-0.1, -0.05) is 27.7 Å². The largest absolute Gasteiger partial charge is 0.300 e. The Morgan fingerprint density at radius 2 is 1.82 bits per heavy atom. The van der Waals surface area contributed by atoms with Crippen LogP contribution < -0.4 is 0 Å². The van der Waals surface area contributed by atoms with Crippen LogP contribution in [0.4, 0.5) is 0 Å². The van der Waals surface area contributed by atoms with Crippen LogP contribution in [-0.4, -0.2) is 40.0 Å². The van der Waals surface area contributed by atoms with E-state index in [1.807, 2.05) is 25.6 Å². The summed E-state index contributed by atoms with van der Waals surface area (Å²) in [4.78, 5) is 37.1. The minimum Gasteiger partial charge on any atom is -0.300 e. The Hall–Kier alpha value is -0.840. The fourth-order valence-corrected chi connectivity index (χ4v) is 3.39. The van der Waals surface area contributed by atoms with Gasteiger partial charge in [0.25, 0.3) is 0 Å². The number of hydrogen-bond donors (Lipinski definition) is 0. The highest BCUT2D eigenvalue weighted by atomic mass is 32.2. The number of amides is 2. The molecule has 0 aromatic rings. The molecule has 0 aromatic carbocycles. The van der Waals surface area contributed by atoms with Crippen LogP contribution in [0.5, 0.6) is 0 Å². The average molecular weight is 327 g/mol. The summed E-state index contributed by atoms with van der Waals surface area (Å²) in [6.07, 6.45) is 2.92.